The Bertz CT molecular complexity index is 1070. The molecule has 3 N–H and O–H groups in total. The van der Waals surface area contributed by atoms with Crippen LogP contribution >= 0.6 is 23.5 Å². The zero-order valence-corrected chi connectivity index (χ0v) is 17.7. The van der Waals surface area contributed by atoms with E-state index in [4.69, 9.17) is 5.14 Å². The molecule has 0 radical (unpaired) electrons. The molecule has 11 heteroatoms. The topological polar surface area (TPSA) is 131 Å². The van der Waals surface area contributed by atoms with Gasteiger partial charge in [0, 0.05) is 17.9 Å². The molecule has 3 aliphatic rings. The molecule has 152 valence electrons. The summed E-state index contributed by atoms with van der Waals surface area (Å²) >= 11 is 2.88. The van der Waals surface area contributed by atoms with Crippen molar-refractivity contribution in [2.75, 3.05) is 11.1 Å². The maximum atomic E-state index is 12.4. The number of carbonyl (C=O) groups excluding carboxylic acids is 2. The minimum atomic E-state index is -3.76. The maximum absolute atomic E-state index is 12.4. The first-order valence-electron chi connectivity index (χ1n) is 8.97. The zero-order chi connectivity index (χ0) is 20.6. The van der Waals surface area contributed by atoms with Crippen molar-refractivity contribution in [1.29, 1.82) is 0 Å². The summed E-state index contributed by atoms with van der Waals surface area (Å²) in [6, 6.07) is 5.62. The van der Waals surface area contributed by atoms with Gasteiger partial charge in [0.25, 0.3) is 5.91 Å². The molecule has 0 saturated carbocycles. The van der Waals surface area contributed by atoms with Crippen molar-refractivity contribution in [3.05, 3.63) is 34.7 Å². The molecule has 1 unspecified atom stereocenters. The van der Waals surface area contributed by atoms with Gasteiger partial charge < -0.3 is 5.32 Å². The number of amides is 2. The lowest BCUT2D eigenvalue weighted by Gasteiger charge is -2.15. The van der Waals surface area contributed by atoms with Crippen molar-refractivity contribution in [3.63, 3.8) is 0 Å². The van der Waals surface area contributed by atoms with Gasteiger partial charge in [0.15, 0.2) is 5.17 Å². The van der Waals surface area contributed by atoms with E-state index in [0.717, 1.165) is 24.3 Å². The Morgan fingerprint density at radius 2 is 2.00 bits per heavy atom. The summed E-state index contributed by atoms with van der Waals surface area (Å²) < 4.78 is 22.5. The Hall–Kier alpha value is -1.95. The second-order valence-electron chi connectivity index (χ2n) is 6.74. The number of hydrogen-bond donors (Lipinski definition) is 2. The fourth-order valence-electron chi connectivity index (χ4n) is 3.37. The van der Waals surface area contributed by atoms with Crippen LogP contribution in [-0.2, 0) is 19.6 Å². The van der Waals surface area contributed by atoms with Crippen LogP contribution in [0.2, 0.25) is 0 Å². The number of sulfonamides is 1. The molecule has 0 bridgehead atoms. The number of thioether (sulfide) groups is 2. The van der Waals surface area contributed by atoms with Gasteiger partial charge in [-0.2, -0.15) is 4.99 Å². The van der Waals surface area contributed by atoms with E-state index in [0.29, 0.717) is 16.6 Å². The molecule has 2 aliphatic heterocycles. The highest BCUT2D eigenvalue weighted by Crippen LogP contribution is 2.49. The normalized spacial score (nSPS) is 20.9. The molecular weight excluding hydrogens is 432 g/mol. The van der Waals surface area contributed by atoms with Crippen LogP contribution in [0.5, 0.6) is 0 Å². The molecular formula is C18H18N4O4S3. The van der Waals surface area contributed by atoms with Crippen molar-refractivity contribution < 1.29 is 18.0 Å². The van der Waals surface area contributed by atoms with Gasteiger partial charge in [-0.15, -0.1) is 0 Å². The van der Waals surface area contributed by atoms with Crippen LogP contribution < -0.4 is 10.5 Å². The van der Waals surface area contributed by atoms with Crippen LogP contribution in [0.15, 0.2) is 49.6 Å². The minimum absolute atomic E-state index is 0.0197. The molecule has 1 atom stereocenters. The fourth-order valence-corrected chi connectivity index (χ4v) is 6.07. The van der Waals surface area contributed by atoms with Gasteiger partial charge in [-0.3, -0.25) is 9.59 Å². The van der Waals surface area contributed by atoms with Gasteiger partial charge in [-0.05, 0) is 54.0 Å². The van der Waals surface area contributed by atoms with Crippen molar-refractivity contribution >= 4 is 61.3 Å². The third-order valence-corrected chi connectivity index (χ3v) is 7.74. The number of nitrogens with one attached hydrogen (secondary N) is 1. The van der Waals surface area contributed by atoms with Crippen LogP contribution in [0.1, 0.15) is 25.7 Å². The van der Waals surface area contributed by atoms with Crippen LogP contribution in [0.4, 0.5) is 5.69 Å². The number of nitrogens with two attached hydrogens (primary N) is 1. The molecule has 4 rings (SSSR count). The summed E-state index contributed by atoms with van der Waals surface area (Å²) in [6.07, 6.45) is 3.27. The minimum Gasteiger partial charge on any atom is -0.326 e. The molecule has 2 amide bonds. The summed E-state index contributed by atoms with van der Waals surface area (Å²) in [5, 5.41) is 8.95. The molecule has 1 aliphatic carbocycles. The highest BCUT2D eigenvalue weighted by atomic mass is 32.2. The lowest BCUT2D eigenvalue weighted by molar-refractivity contribution is -0.119. The average molecular weight is 451 g/mol. The van der Waals surface area contributed by atoms with Crippen molar-refractivity contribution in [2.45, 2.75) is 30.6 Å². The van der Waals surface area contributed by atoms with Crippen LogP contribution in [0.25, 0.3) is 0 Å². The van der Waals surface area contributed by atoms with E-state index in [-0.39, 0.29) is 29.0 Å². The summed E-state index contributed by atoms with van der Waals surface area (Å²) in [6.45, 7) is 0. The number of fused-ring (bicyclic) bond motifs is 2. The lowest BCUT2D eigenvalue weighted by atomic mass is 9.98. The summed E-state index contributed by atoms with van der Waals surface area (Å²) in [7, 11) is -3.76. The summed E-state index contributed by atoms with van der Waals surface area (Å²) in [4.78, 5) is 34.4. The number of aliphatic imine (C=N–C) groups is 2. The monoisotopic (exact) mass is 450 g/mol. The van der Waals surface area contributed by atoms with Gasteiger partial charge in [0.1, 0.15) is 5.92 Å². The first-order valence-corrected chi connectivity index (χ1v) is 12.3. The SMILES string of the molecule is NS(=O)(=O)c1ccc(NC(=O)CCSC2=NC(=O)C3C(=N2)SC2=C3CCC2)cc1. The number of carbonyl (C=O) groups is 2. The number of amidine groups is 1. The van der Waals surface area contributed by atoms with Crippen molar-refractivity contribution in [3.8, 4) is 0 Å². The molecule has 0 saturated heterocycles. The molecule has 2 heterocycles. The number of allylic oxidation sites excluding steroid dienone is 1. The smallest absolute Gasteiger partial charge is 0.262 e. The number of nitrogens with zero attached hydrogens (tertiary/aromatic N) is 2. The number of rotatable bonds is 5. The lowest BCUT2D eigenvalue weighted by Crippen LogP contribution is -2.24. The predicted molar refractivity (Wildman–Crippen MR) is 115 cm³/mol. The average Bonchev–Trinajstić information content (AvgIpc) is 3.22. The molecule has 1 aromatic carbocycles. The highest BCUT2D eigenvalue weighted by molar-refractivity contribution is 8.18. The summed E-state index contributed by atoms with van der Waals surface area (Å²) in [5.41, 5.74) is 1.67. The van der Waals surface area contributed by atoms with E-state index < -0.39 is 10.0 Å². The maximum Gasteiger partial charge on any atom is 0.262 e. The Morgan fingerprint density at radius 1 is 1.24 bits per heavy atom. The van der Waals surface area contributed by atoms with E-state index in [1.54, 1.807) is 11.8 Å². The van der Waals surface area contributed by atoms with E-state index >= 15 is 0 Å². The van der Waals surface area contributed by atoms with Crippen molar-refractivity contribution in [1.82, 2.24) is 0 Å². The third kappa shape index (κ3) is 4.47. The van der Waals surface area contributed by atoms with Crippen LogP contribution in [-0.4, -0.2) is 36.2 Å². The first kappa shape index (κ1) is 20.3. The van der Waals surface area contributed by atoms with Crippen LogP contribution in [0.3, 0.4) is 0 Å². The third-order valence-electron chi connectivity index (χ3n) is 4.72. The van der Waals surface area contributed by atoms with Gasteiger partial charge in [0.2, 0.25) is 15.9 Å². The van der Waals surface area contributed by atoms with E-state index in [9.17, 15) is 18.0 Å². The van der Waals surface area contributed by atoms with E-state index in [1.165, 1.54) is 46.5 Å². The van der Waals surface area contributed by atoms with Crippen molar-refractivity contribution in [2.24, 2.45) is 21.0 Å². The first-order chi connectivity index (χ1) is 13.8. The summed E-state index contributed by atoms with van der Waals surface area (Å²) in [5.74, 6) is -0.237. The largest absolute Gasteiger partial charge is 0.326 e. The Balaban J connectivity index is 1.28. The predicted octanol–water partition coefficient (Wildman–Crippen LogP) is 2.49. The van der Waals surface area contributed by atoms with E-state index in [1.807, 2.05) is 0 Å². The Morgan fingerprint density at radius 3 is 2.72 bits per heavy atom. The second kappa shape index (κ2) is 8.05. The second-order valence-corrected chi connectivity index (χ2v) is 10.5. The van der Waals surface area contributed by atoms with Crippen LogP contribution in [0, 0.1) is 5.92 Å². The van der Waals surface area contributed by atoms with Gasteiger partial charge in [0.05, 0.1) is 9.94 Å². The fraction of sp³-hybridized carbons (Fsp3) is 0.333. The van der Waals surface area contributed by atoms with Gasteiger partial charge in [-0.1, -0.05) is 23.5 Å². The standard InChI is InChI=1S/C18H18N4O4S3/c19-29(25,26)11-6-4-10(5-7-11)20-14(23)8-9-27-18-21-16(24)15-12-2-1-3-13(12)28-17(15)22-18/h4-7,15H,1-3,8-9H2,(H,20,23)(H2,19,25,26). The van der Waals surface area contributed by atoms with Gasteiger partial charge >= 0.3 is 0 Å². The van der Waals surface area contributed by atoms with E-state index in [2.05, 4.69) is 15.3 Å². The quantitative estimate of drug-likeness (QED) is 0.708. The molecule has 29 heavy (non-hydrogen) atoms. The van der Waals surface area contributed by atoms with Gasteiger partial charge in [-0.25, -0.2) is 18.5 Å². The zero-order valence-electron chi connectivity index (χ0n) is 15.3. The molecule has 1 aromatic rings. The number of hydrogen-bond acceptors (Lipinski definition) is 7. The number of anilines is 1. The number of primary sulfonamides is 1. The number of benzene rings is 1. The molecule has 8 nitrogen and oxygen atoms in total. The highest BCUT2D eigenvalue weighted by Gasteiger charge is 2.41. The molecule has 0 aromatic heterocycles. The Kier molecular flexibility index (Phi) is 5.65. The molecule has 0 fully saturated rings. The Labute approximate surface area is 176 Å². The molecule has 0 spiro atoms.